The van der Waals surface area contributed by atoms with Crippen molar-refractivity contribution in [2.24, 2.45) is 0 Å². The molecule has 90 valence electrons. The first kappa shape index (κ1) is 13.5. The number of aliphatic carboxylic acids is 1. The Kier molecular flexibility index (Phi) is 4.54. The van der Waals surface area contributed by atoms with E-state index in [1.807, 2.05) is 0 Å². The van der Waals surface area contributed by atoms with Gasteiger partial charge < -0.3 is 10.4 Å². The summed E-state index contributed by atoms with van der Waals surface area (Å²) in [5.74, 6) is -1.74. The van der Waals surface area contributed by atoms with Crippen molar-refractivity contribution in [1.82, 2.24) is 0 Å². The van der Waals surface area contributed by atoms with Crippen LogP contribution in [0.3, 0.4) is 0 Å². The van der Waals surface area contributed by atoms with Crippen LogP contribution in [-0.2, 0) is 9.59 Å². The fourth-order valence-corrected chi connectivity index (χ4v) is 1.48. The first-order chi connectivity index (χ1) is 7.90. The van der Waals surface area contributed by atoms with Gasteiger partial charge in [0, 0.05) is 17.8 Å². The van der Waals surface area contributed by atoms with Gasteiger partial charge in [0.1, 0.15) is 0 Å². The zero-order chi connectivity index (χ0) is 13.0. The molecule has 6 heteroatoms. The molecular formula is C11H9Cl2NO3. The first-order valence-corrected chi connectivity index (χ1v) is 5.33. The number of anilines is 1. The maximum absolute atomic E-state index is 11.3. The van der Waals surface area contributed by atoms with E-state index in [0.29, 0.717) is 15.7 Å². The van der Waals surface area contributed by atoms with Crippen molar-refractivity contribution in [1.29, 1.82) is 0 Å². The number of rotatable bonds is 3. The van der Waals surface area contributed by atoms with Crippen LogP contribution in [-0.4, -0.2) is 17.0 Å². The molecule has 2 N–H and O–H groups in total. The normalized spacial score (nSPS) is 10.5. The molecule has 1 aromatic carbocycles. The summed E-state index contributed by atoms with van der Waals surface area (Å²) in [4.78, 5) is 21.5. The van der Waals surface area contributed by atoms with E-state index in [-0.39, 0.29) is 0 Å². The third-order valence-electron chi connectivity index (χ3n) is 1.90. The van der Waals surface area contributed by atoms with E-state index in [0.717, 1.165) is 17.7 Å². The Morgan fingerprint density at radius 3 is 2.41 bits per heavy atom. The Balaban J connectivity index is 2.85. The summed E-state index contributed by atoms with van der Waals surface area (Å²) in [7, 11) is 0. The molecule has 0 bridgehead atoms. The number of carbonyl (C=O) groups is 2. The van der Waals surface area contributed by atoms with Crippen molar-refractivity contribution in [2.75, 3.05) is 5.32 Å². The number of hydrogen-bond acceptors (Lipinski definition) is 2. The molecule has 0 spiro atoms. The molecule has 0 saturated carbocycles. The van der Waals surface area contributed by atoms with Crippen LogP contribution < -0.4 is 5.32 Å². The lowest BCUT2D eigenvalue weighted by molar-refractivity contribution is -0.131. The van der Waals surface area contributed by atoms with Crippen LogP contribution in [0, 0.1) is 6.92 Å². The van der Waals surface area contributed by atoms with E-state index in [1.165, 1.54) is 6.07 Å². The number of nitrogens with one attached hydrogen (secondary N) is 1. The summed E-state index contributed by atoms with van der Waals surface area (Å²) in [6.07, 6.45) is 1.67. The monoisotopic (exact) mass is 273 g/mol. The van der Waals surface area contributed by atoms with Gasteiger partial charge in [-0.1, -0.05) is 23.2 Å². The second kappa shape index (κ2) is 5.70. The van der Waals surface area contributed by atoms with Crippen molar-refractivity contribution in [3.63, 3.8) is 0 Å². The molecule has 1 amide bonds. The minimum absolute atomic E-state index is 0.315. The second-order valence-corrected chi connectivity index (χ2v) is 4.06. The Labute approximate surface area is 108 Å². The fraction of sp³-hybridized carbons (Fsp3) is 0.0909. The summed E-state index contributed by atoms with van der Waals surface area (Å²) >= 11 is 11.6. The smallest absolute Gasteiger partial charge is 0.328 e. The molecule has 0 radical (unpaired) electrons. The van der Waals surface area contributed by atoms with Gasteiger partial charge in [-0.05, 0) is 24.6 Å². The Morgan fingerprint density at radius 1 is 1.24 bits per heavy atom. The summed E-state index contributed by atoms with van der Waals surface area (Å²) in [5, 5.41) is 11.6. The van der Waals surface area contributed by atoms with Gasteiger partial charge in [-0.3, -0.25) is 4.79 Å². The minimum Gasteiger partial charge on any atom is -0.478 e. The first-order valence-electron chi connectivity index (χ1n) is 4.58. The molecule has 0 aromatic heterocycles. The van der Waals surface area contributed by atoms with E-state index in [4.69, 9.17) is 28.3 Å². The standard InChI is InChI=1S/C11H9Cl2NO3/c1-6-4-7(12)8(13)5-9(6)14-10(15)2-3-11(16)17/h2-5H,1H3,(H,14,15)(H,16,17)/b3-2-. The molecule has 0 aliphatic heterocycles. The zero-order valence-electron chi connectivity index (χ0n) is 8.83. The van der Waals surface area contributed by atoms with Crippen LogP contribution in [0.25, 0.3) is 0 Å². The highest BCUT2D eigenvalue weighted by Crippen LogP contribution is 2.28. The molecule has 0 fully saturated rings. The van der Waals surface area contributed by atoms with Gasteiger partial charge in [-0.2, -0.15) is 0 Å². The predicted octanol–water partition coefficient (Wildman–Crippen LogP) is 2.88. The van der Waals surface area contributed by atoms with Crippen LogP contribution in [0.5, 0.6) is 0 Å². The van der Waals surface area contributed by atoms with E-state index in [9.17, 15) is 9.59 Å². The fourth-order valence-electron chi connectivity index (χ4n) is 1.10. The number of halogens is 2. The molecule has 1 rings (SSSR count). The predicted molar refractivity (Wildman–Crippen MR) is 66.6 cm³/mol. The SMILES string of the molecule is Cc1cc(Cl)c(Cl)cc1NC(=O)/C=C\C(=O)O. The Bertz CT molecular complexity index is 498. The van der Waals surface area contributed by atoms with Gasteiger partial charge in [0.2, 0.25) is 5.91 Å². The summed E-state index contributed by atoms with van der Waals surface area (Å²) < 4.78 is 0. The van der Waals surface area contributed by atoms with Crippen molar-refractivity contribution in [2.45, 2.75) is 6.92 Å². The minimum atomic E-state index is -1.19. The van der Waals surface area contributed by atoms with Crippen molar-refractivity contribution in [3.8, 4) is 0 Å². The van der Waals surface area contributed by atoms with Gasteiger partial charge >= 0.3 is 5.97 Å². The lowest BCUT2D eigenvalue weighted by Crippen LogP contribution is -2.09. The average molecular weight is 274 g/mol. The summed E-state index contributed by atoms with van der Waals surface area (Å²) in [6.45, 7) is 1.75. The number of amides is 1. The number of carboxylic acids is 1. The Morgan fingerprint density at radius 2 is 1.82 bits per heavy atom. The molecule has 4 nitrogen and oxygen atoms in total. The number of carboxylic acid groups (broad SMARTS) is 1. The molecule has 1 aromatic rings. The zero-order valence-corrected chi connectivity index (χ0v) is 10.3. The third-order valence-corrected chi connectivity index (χ3v) is 2.62. The van der Waals surface area contributed by atoms with E-state index in [2.05, 4.69) is 5.32 Å². The number of hydrogen-bond donors (Lipinski definition) is 2. The molecule has 0 aliphatic carbocycles. The summed E-state index contributed by atoms with van der Waals surface area (Å²) in [5.41, 5.74) is 1.22. The maximum Gasteiger partial charge on any atom is 0.328 e. The van der Waals surface area contributed by atoms with Crippen molar-refractivity contribution >= 4 is 40.8 Å². The number of carbonyl (C=O) groups excluding carboxylic acids is 1. The highest BCUT2D eigenvalue weighted by atomic mass is 35.5. The average Bonchev–Trinajstić information content (AvgIpc) is 2.23. The molecule has 0 unspecified atom stereocenters. The molecule has 0 aliphatic rings. The van der Waals surface area contributed by atoms with Crippen LogP contribution >= 0.6 is 23.2 Å². The largest absolute Gasteiger partial charge is 0.478 e. The van der Waals surface area contributed by atoms with Gasteiger partial charge in [0.05, 0.1) is 10.0 Å². The third kappa shape index (κ3) is 4.09. The highest BCUT2D eigenvalue weighted by molar-refractivity contribution is 6.42. The molecule has 0 heterocycles. The molecular weight excluding hydrogens is 265 g/mol. The molecule has 0 saturated heterocycles. The van der Waals surface area contributed by atoms with Gasteiger partial charge in [0.15, 0.2) is 0 Å². The molecule has 17 heavy (non-hydrogen) atoms. The quantitative estimate of drug-likeness (QED) is 0.833. The van der Waals surface area contributed by atoms with Crippen molar-refractivity contribution < 1.29 is 14.7 Å². The van der Waals surface area contributed by atoms with E-state index < -0.39 is 11.9 Å². The van der Waals surface area contributed by atoms with Gasteiger partial charge in [-0.25, -0.2) is 4.79 Å². The van der Waals surface area contributed by atoms with Crippen LogP contribution in [0.1, 0.15) is 5.56 Å². The van der Waals surface area contributed by atoms with Crippen LogP contribution in [0.4, 0.5) is 5.69 Å². The van der Waals surface area contributed by atoms with Gasteiger partial charge in [-0.15, -0.1) is 0 Å². The van der Waals surface area contributed by atoms with E-state index >= 15 is 0 Å². The lowest BCUT2D eigenvalue weighted by atomic mass is 10.2. The topological polar surface area (TPSA) is 66.4 Å². The second-order valence-electron chi connectivity index (χ2n) is 3.24. The highest BCUT2D eigenvalue weighted by Gasteiger charge is 2.06. The van der Waals surface area contributed by atoms with Crippen LogP contribution in [0.2, 0.25) is 10.0 Å². The number of aryl methyl sites for hydroxylation is 1. The Hall–Kier alpha value is -1.52. The van der Waals surface area contributed by atoms with E-state index in [1.54, 1.807) is 13.0 Å². The number of benzene rings is 1. The maximum atomic E-state index is 11.3. The van der Waals surface area contributed by atoms with Gasteiger partial charge in [0.25, 0.3) is 0 Å². The lowest BCUT2D eigenvalue weighted by Gasteiger charge is -2.07. The summed E-state index contributed by atoms with van der Waals surface area (Å²) in [6, 6.07) is 3.12. The molecule has 0 atom stereocenters. The van der Waals surface area contributed by atoms with Crippen LogP contribution in [0.15, 0.2) is 24.3 Å². The van der Waals surface area contributed by atoms with Crippen molar-refractivity contribution in [3.05, 3.63) is 39.9 Å².